The Labute approximate surface area is 117 Å². The van der Waals surface area contributed by atoms with Crippen molar-refractivity contribution in [1.29, 1.82) is 5.26 Å². The van der Waals surface area contributed by atoms with Crippen molar-refractivity contribution in [2.45, 2.75) is 45.1 Å². The summed E-state index contributed by atoms with van der Waals surface area (Å²) in [6.07, 6.45) is 4.47. The normalized spacial score (nSPS) is 18.6. The Balaban J connectivity index is 2.31. The first-order valence-electron chi connectivity index (χ1n) is 7.06. The second-order valence-electron chi connectivity index (χ2n) is 5.10. The molecule has 0 atom stereocenters. The number of sulfonamides is 1. The molecule has 0 aromatic carbocycles. The number of likely N-dealkylation sites (tertiary alicyclic amines) is 1. The van der Waals surface area contributed by atoms with Crippen molar-refractivity contribution in [3.63, 3.8) is 0 Å². The summed E-state index contributed by atoms with van der Waals surface area (Å²) in [6, 6.07) is 2.31. The van der Waals surface area contributed by atoms with E-state index in [9.17, 15) is 8.42 Å². The lowest BCUT2D eigenvalue weighted by Gasteiger charge is -2.36. The van der Waals surface area contributed by atoms with Crippen LogP contribution in [0.1, 0.15) is 39.0 Å². The Morgan fingerprint density at radius 2 is 1.95 bits per heavy atom. The van der Waals surface area contributed by atoms with E-state index in [1.165, 1.54) is 0 Å². The number of rotatable bonds is 7. The molecule has 0 bridgehead atoms. The molecule has 0 aromatic heterocycles. The summed E-state index contributed by atoms with van der Waals surface area (Å²) in [5.41, 5.74) is 0. The van der Waals surface area contributed by atoms with Gasteiger partial charge in [-0.2, -0.15) is 5.26 Å². The monoisotopic (exact) mass is 287 g/mol. The average Bonchev–Trinajstić information content (AvgIpc) is 2.43. The lowest BCUT2D eigenvalue weighted by atomic mass is 10.0. The zero-order chi connectivity index (χ0) is 14.3. The van der Waals surface area contributed by atoms with Crippen LogP contribution in [-0.2, 0) is 10.0 Å². The summed E-state index contributed by atoms with van der Waals surface area (Å²) in [4.78, 5) is 2.38. The minimum Gasteiger partial charge on any atom is -0.303 e. The zero-order valence-corrected chi connectivity index (χ0v) is 12.8. The summed E-state index contributed by atoms with van der Waals surface area (Å²) in [5.74, 6) is 0.178. The van der Waals surface area contributed by atoms with Gasteiger partial charge in [-0.05, 0) is 52.2 Å². The van der Waals surface area contributed by atoms with Crippen LogP contribution in [0.3, 0.4) is 0 Å². The highest BCUT2D eigenvalue weighted by Gasteiger charge is 2.28. The van der Waals surface area contributed by atoms with Gasteiger partial charge in [0.2, 0.25) is 10.0 Å². The molecule has 5 nitrogen and oxygen atoms in total. The minimum absolute atomic E-state index is 0.153. The quantitative estimate of drug-likeness (QED) is 0.664. The fourth-order valence-corrected chi connectivity index (χ4v) is 3.55. The lowest BCUT2D eigenvalue weighted by Crippen LogP contribution is -2.46. The van der Waals surface area contributed by atoms with E-state index in [2.05, 4.69) is 11.0 Å². The van der Waals surface area contributed by atoms with Crippen LogP contribution >= 0.6 is 0 Å². The SMILES string of the molecule is CCS(=O)(=O)N(C)C1CCN(CCCCC#N)CC1. The number of piperidine rings is 1. The van der Waals surface area contributed by atoms with Gasteiger partial charge < -0.3 is 4.90 Å². The average molecular weight is 287 g/mol. The van der Waals surface area contributed by atoms with Crippen molar-refractivity contribution in [2.24, 2.45) is 0 Å². The highest BCUT2D eigenvalue weighted by Crippen LogP contribution is 2.18. The van der Waals surface area contributed by atoms with Gasteiger partial charge in [-0.15, -0.1) is 0 Å². The molecule has 0 spiro atoms. The molecule has 1 aliphatic heterocycles. The molecule has 1 saturated heterocycles. The Kier molecular flexibility index (Phi) is 6.76. The number of hydrogen-bond donors (Lipinski definition) is 0. The van der Waals surface area contributed by atoms with Gasteiger partial charge in [0.1, 0.15) is 0 Å². The maximum absolute atomic E-state index is 11.8. The van der Waals surface area contributed by atoms with Crippen molar-refractivity contribution in [3.8, 4) is 6.07 Å². The van der Waals surface area contributed by atoms with Crippen molar-refractivity contribution in [1.82, 2.24) is 9.21 Å². The van der Waals surface area contributed by atoms with Crippen molar-refractivity contribution in [3.05, 3.63) is 0 Å². The Bertz CT molecular complexity index is 395. The first-order chi connectivity index (χ1) is 9.01. The Morgan fingerprint density at radius 1 is 1.32 bits per heavy atom. The third kappa shape index (κ3) is 5.09. The van der Waals surface area contributed by atoms with E-state index in [4.69, 9.17) is 5.26 Å². The molecular formula is C13H25N3O2S. The highest BCUT2D eigenvalue weighted by atomic mass is 32.2. The van der Waals surface area contributed by atoms with Gasteiger partial charge in [0, 0.05) is 19.5 Å². The standard InChI is InChI=1S/C13H25N3O2S/c1-3-19(17,18)15(2)13-7-11-16(12-8-13)10-6-4-5-9-14/h13H,3-8,10-12H2,1-2H3. The molecule has 1 aliphatic rings. The van der Waals surface area contributed by atoms with Gasteiger partial charge in [0.05, 0.1) is 11.8 Å². The Hall–Kier alpha value is -0.640. The first kappa shape index (κ1) is 16.4. The molecule has 0 N–H and O–H groups in total. The summed E-state index contributed by atoms with van der Waals surface area (Å²) in [6.45, 7) is 4.64. The predicted octanol–water partition coefficient (Wildman–Crippen LogP) is 1.43. The van der Waals surface area contributed by atoms with Gasteiger partial charge in [-0.25, -0.2) is 12.7 Å². The topological polar surface area (TPSA) is 64.4 Å². The zero-order valence-electron chi connectivity index (χ0n) is 12.0. The third-order valence-electron chi connectivity index (χ3n) is 3.89. The first-order valence-corrected chi connectivity index (χ1v) is 8.67. The van der Waals surface area contributed by atoms with E-state index in [0.717, 1.165) is 45.3 Å². The molecule has 1 heterocycles. The van der Waals surface area contributed by atoms with E-state index in [1.54, 1.807) is 18.3 Å². The van der Waals surface area contributed by atoms with Crippen molar-refractivity contribution in [2.75, 3.05) is 32.4 Å². The molecule has 19 heavy (non-hydrogen) atoms. The van der Waals surface area contributed by atoms with E-state index in [-0.39, 0.29) is 11.8 Å². The molecule has 0 unspecified atom stereocenters. The fraction of sp³-hybridized carbons (Fsp3) is 0.923. The van der Waals surface area contributed by atoms with E-state index < -0.39 is 10.0 Å². The second kappa shape index (κ2) is 7.83. The molecule has 6 heteroatoms. The Morgan fingerprint density at radius 3 is 2.47 bits per heavy atom. The fourth-order valence-electron chi connectivity index (χ4n) is 2.48. The van der Waals surface area contributed by atoms with Gasteiger partial charge in [0.15, 0.2) is 0 Å². The van der Waals surface area contributed by atoms with Crippen LogP contribution in [0.2, 0.25) is 0 Å². The van der Waals surface area contributed by atoms with Crippen LogP contribution in [0.25, 0.3) is 0 Å². The van der Waals surface area contributed by atoms with Gasteiger partial charge >= 0.3 is 0 Å². The molecule has 0 amide bonds. The van der Waals surface area contributed by atoms with Gasteiger partial charge in [-0.3, -0.25) is 0 Å². The summed E-state index contributed by atoms with van der Waals surface area (Å²) in [7, 11) is -1.36. The van der Waals surface area contributed by atoms with Crippen LogP contribution in [0, 0.1) is 11.3 Å². The lowest BCUT2D eigenvalue weighted by molar-refractivity contribution is 0.168. The maximum Gasteiger partial charge on any atom is 0.213 e. The molecule has 1 fully saturated rings. The summed E-state index contributed by atoms with van der Waals surface area (Å²) >= 11 is 0. The minimum atomic E-state index is -3.06. The van der Waals surface area contributed by atoms with E-state index in [0.29, 0.717) is 6.42 Å². The van der Waals surface area contributed by atoms with Gasteiger partial charge in [-0.1, -0.05) is 0 Å². The van der Waals surface area contributed by atoms with Crippen LogP contribution in [0.5, 0.6) is 0 Å². The predicted molar refractivity (Wildman–Crippen MR) is 76.1 cm³/mol. The van der Waals surface area contributed by atoms with Gasteiger partial charge in [0.25, 0.3) is 0 Å². The van der Waals surface area contributed by atoms with E-state index in [1.807, 2.05) is 0 Å². The largest absolute Gasteiger partial charge is 0.303 e. The maximum atomic E-state index is 11.8. The van der Waals surface area contributed by atoms with Crippen molar-refractivity contribution >= 4 is 10.0 Å². The smallest absolute Gasteiger partial charge is 0.213 e. The number of unbranched alkanes of at least 4 members (excludes halogenated alkanes) is 2. The van der Waals surface area contributed by atoms with Crippen LogP contribution in [0.15, 0.2) is 0 Å². The second-order valence-corrected chi connectivity index (χ2v) is 7.42. The molecule has 0 aromatic rings. The van der Waals surface area contributed by atoms with Crippen LogP contribution in [0.4, 0.5) is 0 Å². The molecule has 0 radical (unpaired) electrons. The van der Waals surface area contributed by atoms with Crippen molar-refractivity contribution < 1.29 is 8.42 Å². The number of nitrogens with zero attached hydrogens (tertiary/aromatic N) is 3. The molecule has 1 rings (SSSR count). The molecular weight excluding hydrogens is 262 g/mol. The summed E-state index contributed by atoms with van der Waals surface area (Å²) < 4.78 is 25.2. The number of nitriles is 1. The van der Waals surface area contributed by atoms with Crippen LogP contribution in [-0.4, -0.2) is 56.1 Å². The van der Waals surface area contributed by atoms with E-state index >= 15 is 0 Å². The summed E-state index contributed by atoms with van der Waals surface area (Å²) in [5, 5.41) is 8.47. The van der Waals surface area contributed by atoms with Crippen LogP contribution < -0.4 is 0 Å². The third-order valence-corrected chi connectivity index (χ3v) is 5.79. The molecule has 0 saturated carbocycles. The molecule has 0 aliphatic carbocycles. The molecule has 110 valence electrons. The highest BCUT2D eigenvalue weighted by molar-refractivity contribution is 7.89. The number of hydrogen-bond acceptors (Lipinski definition) is 4.